The van der Waals surface area contributed by atoms with Crippen molar-refractivity contribution in [3.8, 4) is 0 Å². The van der Waals surface area contributed by atoms with E-state index in [4.69, 9.17) is 5.73 Å². The van der Waals surface area contributed by atoms with Crippen molar-refractivity contribution >= 4 is 21.6 Å². The van der Waals surface area contributed by atoms with E-state index in [-0.39, 0.29) is 10.6 Å². The predicted octanol–water partition coefficient (Wildman–Crippen LogP) is 3.31. The van der Waals surface area contributed by atoms with E-state index in [1.165, 1.54) is 19.3 Å². The van der Waals surface area contributed by atoms with Gasteiger partial charge in [-0.3, -0.25) is 15.0 Å². The first-order valence-electron chi connectivity index (χ1n) is 7.43. The second-order valence-electron chi connectivity index (χ2n) is 5.59. The van der Waals surface area contributed by atoms with Crippen LogP contribution in [0.15, 0.2) is 22.7 Å². The van der Waals surface area contributed by atoms with Crippen LogP contribution in [-0.2, 0) is 6.54 Å². The van der Waals surface area contributed by atoms with Gasteiger partial charge in [0.1, 0.15) is 0 Å². The highest BCUT2D eigenvalue weighted by Crippen LogP contribution is 2.31. The largest absolute Gasteiger partial charge is 0.330 e. The summed E-state index contributed by atoms with van der Waals surface area (Å²) >= 11 is 3.46. The summed E-state index contributed by atoms with van der Waals surface area (Å²) in [6.45, 7) is 4.66. The fraction of sp³-hybridized carbons (Fsp3) is 0.600. The summed E-state index contributed by atoms with van der Waals surface area (Å²) in [7, 11) is 0. The van der Waals surface area contributed by atoms with Gasteiger partial charge in [0, 0.05) is 29.2 Å². The van der Waals surface area contributed by atoms with Gasteiger partial charge in [0.15, 0.2) is 0 Å². The number of nitro benzene ring substituents is 1. The first-order valence-corrected chi connectivity index (χ1v) is 8.23. The van der Waals surface area contributed by atoms with Crippen LogP contribution in [0.1, 0.15) is 31.7 Å². The normalized spacial score (nSPS) is 21.9. The first kappa shape index (κ1) is 16.4. The molecule has 0 radical (unpaired) electrons. The van der Waals surface area contributed by atoms with Crippen LogP contribution in [0.25, 0.3) is 0 Å². The van der Waals surface area contributed by atoms with Crippen LogP contribution in [0.4, 0.5) is 5.69 Å². The molecule has 0 spiro atoms. The molecule has 21 heavy (non-hydrogen) atoms. The molecular weight excluding hydrogens is 334 g/mol. The second-order valence-corrected chi connectivity index (χ2v) is 6.44. The molecule has 116 valence electrons. The summed E-state index contributed by atoms with van der Waals surface area (Å²) in [6.07, 6.45) is 3.64. The Kier molecular flexibility index (Phi) is 5.72. The number of rotatable bonds is 6. The van der Waals surface area contributed by atoms with Gasteiger partial charge in [0.2, 0.25) is 0 Å². The Morgan fingerprint density at radius 1 is 1.48 bits per heavy atom. The van der Waals surface area contributed by atoms with Crippen molar-refractivity contribution in [2.75, 3.05) is 13.1 Å². The highest BCUT2D eigenvalue weighted by atomic mass is 79.9. The van der Waals surface area contributed by atoms with E-state index in [0.29, 0.717) is 12.0 Å². The smallest absolute Gasteiger partial charge is 0.270 e. The van der Waals surface area contributed by atoms with Gasteiger partial charge in [0.05, 0.1) is 4.92 Å². The molecule has 1 aromatic rings. The van der Waals surface area contributed by atoms with E-state index in [1.807, 2.05) is 6.07 Å². The summed E-state index contributed by atoms with van der Waals surface area (Å²) in [5, 5.41) is 10.8. The number of nitro groups is 1. The van der Waals surface area contributed by atoms with Gasteiger partial charge in [-0.15, -0.1) is 0 Å². The zero-order valence-corrected chi connectivity index (χ0v) is 13.9. The molecule has 0 aromatic heterocycles. The number of hydrogen-bond donors (Lipinski definition) is 1. The number of nitrogens with zero attached hydrogens (tertiary/aromatic N) is 2. The number of non-ortho nitro benzene ring substituents is 1. The third kappa shape index (κ3) is 3.81. The van der Waals surface area contributed by atoms with Crippen molar-refractivity contribution in [3.05, 3.63) is 38.3 Å². The lowest BCUT2D eigenvalue weighted by Crippen LogP contribution is -2.39. The lowest BCUT2D eigenvalue weighted by molar-refractivity contribution is -0.384. The molecule has 0 heterocycles. The number of halogens is 1. The van der Waals surface area contributed by atoms with Gasteiger partial charge in [-0.25, -0.2) is 0 Å². The van der Waals surface area contributed by atoms with Gasteiger partial charge in [-0.1, -0.05) is 29.3 Å². The van der Waals surface area contributed by atoms with Crippen molar-refractivity contribution in [2.24, 2.45) is 11.7 Å². The molecule has 2 unspecified atom stereocenters. The predicted molar refractivity (Wildman–Crippen MR) is 87.1 cm³/mol. The SMILES string of the molecule is CCN(Cc1ccc([N+](=O)[O-])cc1Br)C1CCCC1CN. The molecule has 1 saturated carbocycles. The quantitative estimate of drug-likeness (QED) is 0.627. The van der Waals surface area contributed by atoms with Gasteiger partial charge >= 0.3 is 0 Å². The Labute approximate surface area is 133 Å². The van der Waals surface area contributed by atoms with E-state index in [9.17, 15) is 10.1 Å². The summed E-state index contributed by atoms with van der Waals surface area (Å²) < 4.78 is 0.803. The van der Waals surface area contributed by atoms with Crippen LogP contribution in [-0.4, -0.2) is 29.0 Å². The summed E-state index contributed by atoms with van der Waals surface area (Å²) in [5.74, 6) is 0.571. The van der Waals surface area contributed by atoms with Gasteiger partial charge in [-0.05, 0) is 43.5 Å². The number of hydrogen-bond acceptors (Lipinski definition) is 4. The topological polar surface area (TPSA) is 72.4 Å². The van der Waals surface area contributed by atoms with Crippen molar-refractivity contribution in [2.45, 2.75) is 38.8 Å². The third-order valence-corrected chi connectivity index (χ3v) is 5.16. The molecule has 1 fully saturated rings. The standard InChI is InChI=1S/C15H22BrN3O2/c1-2-18(15-5-3-4-11(15)9-17)10-12-6-7-13(19(20)21)8-14(12)16/h6-8,11,15H,2-5,9-10,17H2,1H3. The summed E-state index contributed by atoms with van der Waals surface area (Å²) in [6, 6.07) is 5.53. The highest BCUT2D eigenvalue weighted by molar-refractivity contribution is 9.10. The average molecular weight is 356 g/mol. The van der Waals surface area contributed by atoms with E-state index in [0.717, 1.165) is 29.7 Å². The van der Waals surface area contributed by atoms with Crippen LogP contribution in [0, 0.1) is 16.0 Å². The molecule has 1 aliphatic carbocycles. The number of benzene rings is 1. The minimum Gasteiger partial charge on any atom is -0.330 e. The Hall–Kier alpha value is -0.980. The minimum atomic E-state index is -0.368. The fourth-order valence-corrected chi connectivity index (χ4v) is 3.73. The molecule has 2 rings (SSSR count). The molecule has 0 saturated heterocycles. The maximum absolute atomic E-state index is 10.8. The molecule has 6 heteroatoms. The van der Waals surface area contributed by atoms with Gasteiger partial charge in [0.25, 0.3) is 5.69 Å². The second kappa shape index (κ2) is 7.33. The molecule has 0 aliphatic heterocycles. The van der Waals surface area contributed by atoms with Crippen molar-refractivity contribution < 1.29 is 4.92 Å². The zero-order valence-electron chi connectivity index (χ0n) is 12.3. The third-order valence-electron chi connectivity index (χ3n) is 4.42. The van der Waals surface area contributed by atoms with E-state index in [2.05, 4.69) is 27.8 Å². The zero-order chi connectivity index (χ0) is 15.4. The van der Waals surface area contributed by atoms with Crippen molar-refractivity contribution in [1.29, 1.82) is 0 Å². The van der Waals surface area contributed by atoms with E-state index >= 15 is 0 Å². The molecule has 0 amide bonds. The van der Waals surface area contributed by atoms with E-state index < -0.39 is 0 Å². The van der Waals surface area contributed by atoms with Gasteiger partial charge < -0.3 is 5.73 Å². The molecule has 5 nitrogen and oxygen atoms in total. The molecule has 0 bridgehead atoms. The summed E-state index contributed by atoms with van der Waals surface area (Å²) in [4.78, 5) is 12.9. The Balaban J connectivity index is 2.13. The van der Waals surface area contributed by atoms with Crippen LogP contribution < -0.4 is 5.73 Å². The molecule has 1 aromatic carbocycles. The van der Waals surface area contributed by atoms with Crippen molar-refractivity contribution in [1.82, 2.24) is 4.90 Å². The molecule has 2 N–H and O–H groups in total. The van der Waals surface area contributed by atoms with Crippen LogP contribution in [0.3, 0.4) is 0 Å². The van der Waals surface area contributed by atoms with Crippen LogP contribution in [0.5, 0.6) is 0 Å². The minimum absolute atomic E-state index is 0.120. The van der Waals surface area contributed by atoms with Gasteiger partial charge in [-0.2, -0.15) is 0 Å². The Bertz CT molecular complexity index is 510. The van der Waals surface area contributed by atoms with Crippen molar-refractivity contribution in [3.63, 3.8) is 0 Å². The maximum atomic E-state index is 10.8. The Morgan fingerprint density at radius 3 is 2.81 bits per heavy atom. The lowest BCUT2D eigenvalue weighted by atomic mass is 10.0. The molecular formula is C15H22BrN3O2. The average Bonchev–Trinajstić information content (AvgIpc) is 2.94. The Morgan fingerprint density at radius 2 is 2.24 bits per heavy atom. The fourth-order valence-electron chi connectivity index (χ4n) is 3.23. The van der Waals surface area contributed by atoms with Crippen LogP contribution in [0.2, 0.25) is 0 Å². The molecule has 1 aliphatic rings. The summed E-state index contributed by atoms with van der Waals surface area (Å²) in [5.41, 5.74) is 7.09. The first-order chi connectivity index (χ1) is 10.1. The van der Waals surface area contributed by atoms with Crippen LogP contribution >= 0.6 is 15.9 Å². The lowest BCUT2D eigenvalue weighted by Gasteiger charge is -2.32. The molecule has 2 atom stereocenters. The highest BCUT2D eigenvalue weighted by Gasteiger charge is 2.30. The monoisotopic (exact) mass is 355 g/mol. The number of nitrogens with two attached hydrogens (primary N) is 1. The maximum Gasteiger partial charge on any atom is 0.270 e. The van der Waals surface area contributed by atoms with E-state index in [1.54, 1.807) is 12.1 Å².